The molecule has 1 amide bonds. The number of esters is 1. The van der Waals surface area contributed by atoms with Gasteiger partial charge in [0, 0.05) is 15.1 Å². The fraction of sp³-hybridized carbons (Fsp3) is 0.429. The van der Waals surface area contributed by atoms with Gasteiger partial charge in [-0.15, -0.1) is 0 Å². The average molecular weight is 363 g/mol. The number of benzene rings is 1. The average Bonchev–Trinajstić information content (AvgIpc) is 2.25. The number of amides is 1. The first-order valence-corrected chi connectivity index (χ1v) is 7.25. The molecule has 6 heteroatoms. The number of carbonyl (C=O) groups is 2. The van der Waals surface area contributed by atoms with Crippen molar-refractivity contribution in [3.63, 3.8) is 0 Å². The largest absolute Gasteiger partial charge is 0.458 e. The number of carbonyl (C=O) groups excluding carboxylic acids is 2. The molecule has 1 aromatic carbocycles. The number of ether oxygens (including phenoxy) is 1. The van der Waals surface area contributed by atoms with E-state index in [0.29, 0.717) is 15.1 Å². The maximum Gasteiger partial charge on any atom is 0.328 e. The monoisotopic (exact) mass is 361 g/mol. The highest BCUT2D eigenvalue weighted by molar-refractivity contribution is 9.10. The minimum Gasteiger partial charge on any atom is -0.458 e. The summed E-state index contributed by atoms with van der Waals surface area (Å²) in [5.41, 5.74) is -0.213. The second kappa shape index (κ2) is 6.59. The van der Waals surface area contributed by atoms with Gasteiger partial charge in [0.15, 0.2) is 0 Å². The molecule has 0 unspecified atom stereocenters. The van der Waals surface area contributed by atoms with Crippen LogP contribution in [0.5, 0.6) is 0 Å². The van der Waals surface area contributed by atoms with Crippen LogP contribution in [-0.4, -0.2) is 23.5 Å². The Morgan fingerprint density at radius 1 is 1.30 bits per heavy atom. The molecule has 1 atom stereocenters. The van der Waals surface area contributed by atoms with E-state index in [2.05, 4.69) is 21.2 Å². The summed E-state index contributed by atoms with van der Waals surface area (Å²) in [7, 11) is 0. The van der Waals surface area contributed by atoms with Crippen LogP contribution in [0.25, 0.3) is 0 Å². The molecule has 0 saturated carbocycles. The lowest BCUT2D eigenvalue weighted by Crippen LogP contribution is -2.42. The van der Waals surface area contributed by atoms with Crippen LogP contribution < -0.4 is 5.32 Å². The molecule has 0 heterocycles. The Bertz CT molecular complexity index is 505. The molecule has 1 aromatic rings. The van der Waals surface area contributed by atoms with Gasteiger partial charge >= 0.3 is 5.97 Å². The molecular weight excluding hydrogens is 346 g/mol. The Balaban J connectivity index is 2.72. The van der Waals surface area contributed by atoms with Crippen LogP contribution in [0.4, 0.5) is 0 Å². The van der Waals surface area contributed by atoms with Crippen molar-refractivity contribution in [1.29, 1.82) is 0 Å². The first-order chi connectivity index (χ1) is 9.08. The van der Waals surface area contributed by atoms with E-state index in [0.717, 1.165) is 0 Å². The summed E-state index contributed by atoms with van der Waals surface area (Å²) in [4.78, 5) is 23.8. The van der Waals surface area contributed by atoms with Crippen LogP contribution in [0.2, 0.25) is 5.02 Å². The maximum absolute atomic E-state index is 12.0. The van der Waals surface area contributed by atoms with Gasteiger partial charge in [0.1, 0.15) is 11.6 Å². The highest BCUT2D eigenvalue weighted by Crippen LogP contribution is 2.19. The first kappa shape index (κ1) is 17.0. The molecule has 0 fully saturated rings. The summed E-state index contributed by atoms with van der Waals surface area (Å²) >= 11 is 9.14. The molecule has 1 N–H and O–H groups in total. The van der Waals surface area contributed by atoms with E-state index in [1.165, 1.54) is 6.07 Å². The summed E-state index contributed by atoms with van der Waals surface area (Å²) in [5.74, 6) is -0.862. The summed E-state index contributed by atoms with van der Waals surface area (Å²) < 4.78 is 5.89. The summed E-state index contributed by atoms with van der Waals surface area (Å²) in [6.07, 6.45) is 0. The minimum absolute atomic E-state index is 0.375. The van der Waals surface area contributed by atoms with Crippen molar-refractivity contribution in [2.24, 2.45) is 0 Å². The summed E-state index contributed by atoms with van der Waals surface area (Å²) in [6.45, 7) is 6.89. The molecule has 0 aliphatic carbocycles. The first-order valence-electron chi connectivity index (χ1n) is 6.08. The van der Waals surface area contributed by atoms with Gasteiger partial charge < -0.3 is 10.1 Å². The third-order valence-corrected chi connectivity index (χ3v) is 2.91. The SMILES string of the molecule is C[C@@H](NC(=O)c1cc(Cl)cc(Br)c1)C(=O)OC(C)(C)C. The van der Waals surface area contributed by atoms with Gasteiger partial charge in [-0.2, -0.15) is 0 Å². The number of nitrogens with one attached hydrogen (secondary N) is 1. The molecule has 110 valence electrons. The highest BCUT2D eigenvalue weighted by atomic mass is 79.9. The molecule has 0 aliphatic rings. The zero-order valence-electron chi connectivity index (χ0n) is 11.8. The Hall–Kier alpha value is -1.07. The van der Waals surface area contributed by atoms with Crippen molar-refractivity contribution in [1.82, 2.24) is 5.32 Å². The second-order valence-corrected chi connectivity index (χ2v) is 6.74. The minimum atomic E-state index is -0.737. The van der Waals surface area contributed by atoms with E-state index in [-0.39, 0.29) is 5.91 Å². The predicted molar refractivity (Wildman–Crippen MR) is 81.9 cm³/mol. The van der Waals surface area contributed by atoms with E-state index >= 15 is 0 Å². The van der Waals surface area contributed by atoms with Crippen molar-refractivity contribution >= 4 is 39.4 Å². The maximum atomic E-state index is 12.0. The van der Waals surface area contributed by atoms with Crippen LogP contribution in [-0.2, 0) is 9.53 Å². The fourth-order valence-electron chi connectivity index (χ4n) is 1.41. The van der Waals surface area contributed by atoms with E-state index < -0.39 is 17.6 Å². The van der Waals surface area contributed by atoms with Crippen LogP contribution in [0.1, 0.15) is 38.1 Å². The quantitative estimate of drug-likeness (QED) is 0.836. The van der Waals surface area contributed by atoms with Gasteiger partial charge in [-0.3, -0.25) is 4.79 Å². The molecule has 0 aliphatic heterocycles. The molecule has 1 rings (SSSR count). The topological polar surface area (TPSA) is 55.4 Å². The van der Waals surface area contributed by atoms with Crippen molar-refractivity contribution in [2.75, 3.05) is 0 Å². The normalized spacial score (nSPS) is 12.7. The van der Waals surface area contributed by atoms with Crippen molar-refractivity contribution in [3.05, 3.63) is 33.3 Å². The Labute approximate surface area is 132 Å². The summed E-state index contributed by atoms with van der Waals surface area (Å²) in [5, 5.41) is 3.02. The van der Waals surface area contributed by atoms with E-state index in [9.17, 15) is 9.59 Å². The van der Waals surface area contributed by atoms with Crippen molar-refractivity contribution in [2.45, 2.75) is 39.3 Å². The van der Waals surface area contributed by atoms with Gasteiger partial charge in [0.05, 0.1) is 0 Å². The second-order valence-electron chi connectivity index (χ2n) is 5.39. The molecule has 4 nitrogen and oxygen atoms in total. The smallest absolute Gasteiger partial charge is 0.328 e. The fourth-order valence-corrected chi connectivity index (χ4v) is 2.27. The van der Waals surface area contributed by atoms with Gasteiger partial charge in [-0.25, -0.2) is 4.79 Å². The number of halogens is 2. The lowest BCUT2D eigenvalue weighted by atomic mass is 10.2. The third-order valence-electron chi connectivity index (χ3n) is 2.23. The van der Waals surface area contributed by atoms with Gasteiger partial charge in [-0.1, -0.05) is 27.5 Å². The van der Waals surface area contributed by atoms with Crippen molar-refractivity contribution in [3.8, 4) is 0 Å². The zero-order chi connectivity index (χ0) is 15.5. The summed E-state index contributed by atoms with van der Waals surface area (Å²) in [6, 6.07) is 4.10. The Morgan fingerprint density at radius 2 is 1.90 bits per heavy atom. The molecule has 0 saturated heterocycles. The van der Waals surface area contributed by atoms with Crippen molar-refractivity contribution < 1.29 is 14.3 Å². The molecule has 0 aromatic heterocycles. The molecule has 0 bridgehead atoms. The molecular formula is C14H17BrClNO3. The lowest BCUT2D eigenvalue weighted by Gasteiger charge is -2.22. The molecule has 0 spiro atoms. The molecule has 0 radical (unpaired) electrons. The zero-order valence-corrected chi connectivity index (χ0v) is 14.1. The standard InChI is InChI=1S/C14H17BrClNO3/c1-8(13(19)20-14(2,3)4)17-12(18)9-5-10(15)7-11(16)6-9/h5-8H,1-4H3,(H,17,18)/t8-/m1/s1. The van der Waals surface area contributed by atoms with E-state index in [1.54, 1.807) is 39.8 Å². The van der Waals surface area contributed by atoms with Crippen LogP contribution in [0.15, 0.2) is 22.7 Å². The van der Waals surface area contributed by atoms with Gasteiger partial charge in [-0.05, 0) is 45.9 Å². The Morgan fingerprint density at radius 3 is 2.40 bits per heavy atom. The lowest BCUT2D eigenvalue weighted by molar-refractivity contribution is -0.156. The van der Waals surface area contributed by atoms with Gasteiger partial charge in [0.25, 0.3) is 5.91 Å². The Kier molecular flexibility index (Phi) is 5.59. The van der Waals surface area contributed by atoms with E-state index in [4.69, 9.17) is 16.3 Å². The van der Waals surface area contributed by atoms with Crippen LogP contribution in [0.3, 0.4) is 0 Å². The van der Waals surface area contributed by atoms with Gasteiger partial charge in [0.2, 0.25) is 0 Å². The van der Waals surface area contributed by atoms with Crippen LogP contribution in [0, 0.1) is 0 Å². The number of rotatable bonds is 3. The predicted octanol–water partition coefficient (Wildman–Crippen LogP) is 3.56. The van der Waals surface area contributed by atoms with Crippen LogP contribution >= 0.6 is 27.5 Å². The molecule has 20 heavy (non-hydrogen) atoms. The third kappa shape index (κ3) is 5.51. The number of hydrogen-bond donors (Lipinski definition) is 1. The van der Waals surface area contributed by atoms with E-state index in [1.807, 2.05) is 0 Å². The number of hydrogen-bond acceptors (Lipinski definition) is 3. The highest BCUT2D eigenvalue weighted by Gasteiger charge is 2.23.